The van der Waals surface area contributed by atoms with Crippen LogP contribution in [-0.2, 0) is 16.1 Å². The molecule has 0 N–H and O–H groups in total. The van der Waals surface area contributed by atoms with Crippen molar-refractivity contribution >= 4 is 17.6 Å². The van der Waals surface area contributed by atoms with E-state index < -0.39 is 0 Å². The predicted molar refractivity (Wildman–Crippen MR) is 54.8 cm³/mol. The Hall–Kier alpha value is -1.36. The maximum Gasteiger partial charge on any atom is 0.347 e. The molecule has 0 aliphatic carbocycles. The van der Waals surface area contributed by atoms with E-state index in [1.165, 1.54) is 24.1 Å². The van der Waals surface area contributed by atoms with E-state index in [1.54, 1.807) is 0 Å². The van der Waals surface area contributed by atoms with Crippen molar-refractivity contribution in [1.82, 2.24) is 9.55 Å². The van der Waals surface area contributed by atoms with Crippen molar-refractivity contribution in [3.05, 3.63) is 27.9 Å². The van der Waals surface area contributed by atoms with Crippen molar-refractivity contribution < 1.29 is 9.53 Å². The quantitative estimate of drug-likeness (QED) is 0.720. The van der Waals surface area contributed by atoms with Crippen LogP contribution in [0.4, 0.5) is 0 Å². The van der Waals surface area contributed by atoms with E-state index in [0.717, 1.165) is 0 Å². The number of esters is 1. The van der Waals surface area contributed by atoms with E-state index >= 15 is 0 Å². The lowest BCUT2D eigenvalue weighted by atomic mass is 10.3. The number of nitrogens with zero attached hydrogens (tertiary/aromatic N) is 2. The first kappa shape index (κ1) is 11.7. The number of hydrogen-bond acceptors (Lipinski definition) is 4. The first-order chi connectivity index (χ1) is 7.13. The Bertz CT molecular complexity index is 403. The summed E-state index contributed by atoms with van der Waals surface area (Å²) in [6.45, 7) is 0.404. The Morgan fingerprint density at radius 1 is 1.67 bits per heavy atom. The summed E-state index contributed by atoms with van der Waals surface area (Å²) in [5, 5.41) is 0.396. The second-order valence-electron chi connectivity index (χ2n) is 2.93. The molecule has 0 aliphatic rings. The van der Waals surface area contributed by atoms with Crippen LogP contribution in [0.5, 0.6) is 0 Å². The summed E-state index contributed by atoms with van der Waals surface area (Å²) >= 11 is 5.67. The molecule has 0 aromatic carbocycles. The molecule has 15 heavy (non-hydrogen) atoms. The van der Waals surface area contributed by atoms with Gasteiger partial charge < -0.3 is 4.74 Å². The molecule has 0 amide bonds. The van der Waals surface area contributed by atoms with Crippen LogP contribution in [0.25, 0.3) is 0 Å². The number of methoxy groups -OCH3 is 1. The van der Waals surface area contributed by atoms with Gasteiger partial charge >= 0.3 is 11.7 Å². The Morgan fingerprint density at radius 3 is 3.07 bits per heavy atom. The third-order valence-electron chi connectivity index (χ3n) is 1.83. The predicted octanol–water partition coefficient (Wildman–Crippen LogP) is 0.850. The first-order valence-corrected chi connectivity index (χ1v) is 4.80. The fourth-order valence-corrected chi connectivity index (χ4v) is 1.25. The van der Waals surface area contributed by atoms with E-state index in [2.05, 4.69) is 9.72 Å². The molecule has 0 unspecified atom stereocenters. The lowest BCUT2D eigenvalue weighted by Crippen LogP contribution is -2.22. The van der Waals surface area contributed by atoms with Gasteiger partial charge in [0.05, 0.1) is 18.3 Å². The number of aryl methyl sites for hydroxylation is 1. The highest BCUT2D eigenvalue weighted by atomic mass is 35.5. The highest BCUT2D eigenvalue weighted by Crippen LogP contribution is 2.02. The minimum Gasteiger partial charge on any atom is -0.469 e. The number of rotatable bonds is 4. The minimum absolute atomic E-state index is 0.273. The van der Waals surface area contributed by atoms with Crippen molar-refractivity contribution in [3.8, 4) is 0 Å². The van der Waals surface area contributed by atoms with Crippen molar-refractivity contribution in [1.29, 1.82) is 0 Å². The number of hydrogen-bond donors (Lipinski definition) is 0. The van der Waals surface area contributed by atoms with E-state index in [4.69, 9.17) is 11.6 Å². The molecule has 0 saturated carbocycles. The van der Waals surface area contributed by atoms with Gasteiger partial charge in [-0.1, -0.05) is 11.6 Å². The normalized spacial score (nSPS) is 10.0. The fourth-order valence-electron chi connectivity index (χ4n) is 1.08. The zero-order valence-corrected chi connectivity index (χ0v) is 9.03. The molecule has 0 aliphatic heterocycles. The average molecular weight is 231 g/mol. The molecule has 1 aromatic heterocycles. The Balaban J connectivity index is 2.54. The van der Waals surface area contributed by atoms with Crippen molar-refractivity contribution in [2.75, 3.05) is 7.11 Å². The number of ether oxygens (including phenoxy) is 1. The minimum atomic E-state index is -0.371. The Kier molecular flexibility index (Phi) is 4.30. The van der Waals surface area contributed by atoms with Gasteiger partial charge in [0.25, 0.3) is 0 Å². The monoisotopic (exact) mass is 230 g/mol. The van der Waals surface area contributed by atoms with Gasteiger partial charge in [-0.3, -0.25) is 9.36 Å². The van der Waals surface area contributed by atoms with Crippen LogP contribution in [0.15, 0.2) is 17.2 Å². The summed E-state index contributed by atoms with van der Waals surface area (Å²) in [6.07, 6.45) is 3.58. The highest BCUT2D eigenvalue weighted by Gasteiger charge is 2.02. The molecule has 1 rings (SSSR count). The van der Waals surface area contributed by atoms with Gasteiger partial charge in [0, 0.05) is 19.2 Å². The van der Waals surface area contributed by atoms with Crippen molar-refractivity contribution in [2.45, 2.75) is 19.4 Å². The van der Waals surface area contributed by atoms with Crippen LogP contribution in [0.2, 0.25) is 5.02 Å². The van der Waals surface area contributed by atoms with Gasteiger partial charge in [-0.15, -0.1) is 0 Å². The van der Waals surface area contributed by atoms with Crippen LogP contribution >= 0.6 is 11.6 Å². The smallest absolute Gasteiger partial charge is 0.347 e. The lowest BCUT2D eigenvalue weighted by molar-refractivity contribution is -0.140. The van der Waals surface area contributed by atoms with Gasteiger partial charge in [-0.05, 0) is 6.42 Å². The number of halogens is 1. The highest BCUT2D eigenvalue weighted by molar-refractivity contribution is 6.30. The van der Waals surface area contributed by atoms with E-state index in [1.807, 2.05) is 0 Å². The van der Waals surface area contributed by atoms with Gasteiger partial charge in [0.1, 0.15) is 0 Å². The lowest BCUT2D eigenvalue weighted by Gasteiger charge is -2.03. The maximum absolute atomic E-state index is 11.2. The number of carbonyl (C=O) groups is 1. The van der Waals surface area contributed by atoms with Crippen molar-refractivity contribution in [3.63, 3.8) is 0 Å². The molecule has 0 saturated heterocycles. The number of carbonyl (C=O) groups excluding carboxylic acids is 1. The van der Waals surface area contributed by atoms with E-state index in [9.17, 15) is 9.59 Å². The summed E-state index contributed by atoms with van der Waals surface area (Å²) in [4.78, 5) is 25.6. The molecule has 0 spiro atoms. The summed E-state index contributed by atoms with van der Waals surface area (Å²) in [5.41, 5.74) is -0.371. The summed E-state index contributed by atoms with van der Waals surface area (Å²) in [6, 6.07) is 0. The summed E-state index contributed by atoms with van der Waals surface area (Å²) in [7, 11) is 1.33. The molecular weight excluding hydrogens is 220 g/mol. The Morgan fingerprint density at radius 2 is 2.40 bits per heavy atom. The third-order valence-corrected chi connectivity index (χ3v) is 2.03. The molecule has 1 aromatic rings. The zero-order valence-electron chi connectivity index (χ0n) is 8.27. The zero-order chi connectivity index (χ0) is 11.3. The van der Waals surface area contributed by atoms with Crippen LogP contribution in [0, 0.1) is 0 Å². The molecule has 0 bridgehead atoms. The summed E-state index contributed by atoms with van der Waals surface area (Å²) in [5.74, 6) is -0.293. The maximum atomic E-state index is 11.2. The van der Waals surface area contributed by atoms with Crippen LogP contribution < -0.4 is 5.69 Å². The van der Waals surface area contributed by atoms with E-state index in [-0.39, 0.29) is 18.1 Å². The van der Waals surface area contributed by atoms with Crippen molar-refractivity contribution in [2.24, 2.45) is 0 Å². The fraction of sp³-hybridized carbons (Fsp3) is 0.444. The van der Waals surface area contributed by atoms with Crippen LogP contribution in [0.3, 0.4) is 0 Å². The molecule has 0 radical (unpaired) electrons. The topological polar surface area (TPSA) is 61.2 Å². The van der Waals surface area contributed by atoms with Gasteiger partial charge in [-0.2, -0.15) is 0 Å². The second kappa shape index (κ2) is 5.50. The molecule has 6 heteroatoms. The van der Waals surface area contributed by atoms with Gasteiger partial charge in [-0.25, -0.2) is 9.78 Å². The number of aromatic nitrogens is 2. The van der Waals surface area contributed by atoms with Crippen LogP contribution in [0.1, 0.15) is 12.8 Å². The third kappa shape index (κ3) is 3.71. The molecular formula is C9H11ClN2O3. The standard InChI is InChI=1S/C9H11ClN2O3/c1-15-8(13)3-2-4-12-6-7(10)5-11-9(12)14/h5-6H,2-4H2,1H3. The van der Waals surface area contributed by atoms with Gasteiger partial charge in [0.15, 0.2) is 0 Å². The molecule has 5 nitrogen and oxygen atoms in total. The Labute approximate surface area is 91.6 Å². The second-order valence-corrected chi connectivity index (χ2v) is 3.36. The van der Waals surface area contributed by atoms with E-state index in [0.29, 0.717) is 18.0 Å². The molecule has 0 fully saturated rings. The largest absolute Gasteiger partial charge is 0.469 e. The average Bonchev–Trinajstić information content (AvgIpc) is 2.23. The van der Waals surface area contributed by atoms with Gasteiger partial charge in [0.2, 0.25) is 0 Å². The first-order valence-electron chi connectivity index (χ1n) is 4.42. The molecule has 1 heterocycles. The molecule has 82 valence electrons. The SMILES string of the molecule is COC(=O)CCCn1cc(Cl)cnc1=O. The van der Waals surface area contributed by atoms with Crippen LogP contribution in [-0.4, -0.2) is 22.6 Å². The summed E-state index contributed by atoms with van der Waals surface area (Å²) < 4.78 is 5.84. The molecule has 0 atom stereocenters.